The average molecular weight is 375 g/mol. The van der Waals surface area contributed by atoms with E-state index in [0.29, 0.717) is 41.9 Å². The predicted molar refractivity (Wildman–Crippen MR) is 82.7 cm³/mol. The summed E-state index contributed by atoms with van der Waals surface area (Å²) < 4.78 is 42.5. The number of benzene rings is 1. The number of rotatable bonds is 3. The lowest BCUT2D eigenvalue weighted by Gasteiger charge is -2.34. The van der Waals surface area contributed by atoms with Crippen molar-refractivity contribution in [1.82, 2.24) is 19.9 Å². The number of carbonyl (C=O) groups excluding carboxylic acids is 1. The van der Waals surface area contributed by atoms with Crippen LogP contribution in [0, 0.1) is 0 Å². The van der Waals surface area contributed by atoms with Crippen molar-refractivity contribution in [2.45, 2.75) is 12.7 Å². The number of hydrogen-bond donors (Lipinski definition) is 0. The molecule has 134 valence electrons. The number of alkyl halides is 3. The summed E-state index contributed by atoms with van der Waals surface area (Å²) in [5.41, 5.74) is 0.687. The summed E-state index contributed by atoms with van der Waals surface area (Å²) >= 11 is 5.92. The Kier molecular flexibility index (Phi) is 4.96. The first-order valence-electron chi connectivity index (χ1n) is 7.50. The molecule has 1 amide bonds. The Morgan fingerprint density at radius 2 is 1.96 bits per heavy atom. The summed E-state index contributed by atoms with van der Waals surface area (Å²) in [7, 11) is 0. The van der Waals surface area contributed by atoms with E-state index in [2.05, 4.69) is 10.1 Å². The molecule has 0 spiro atoms. The number of nitrogens with zero attached hydrogens (tertiary/aromatic N) is 4. The van der Waals surface area contributed by atoms with Crippen LogP contribution in [0.4, 0.5) is 13.2 Å². The highest BCUT2D eigenvalue weighted by molar-refractivity contribution is 6.30. The molecule has 1 aliphatic heterocycles. The second kappa shape index (κ2) is 7.01. The Labute approximate surface area is 146 Å². The van der Waals surface area contributed by atoms with Gasteiger partial charge in [0.15, 0.2) is 5.82 Å². The van der Waals surface area contributed by atoms with Gasteiger partial charge in [-0.15, -0.1) is 0 Å². The van der Waals surface area contributed by atoms with E-state index >= 15 is 0 Å². The first kappa shape index (κ1) is 17.7. The van der Waals surface area contributed by atoms with Crippen molar-refractivity contribution in [3.63, 3.8) is 0 Å². The number of halogens is 4. The van der Waals surface area contributed by atoms with E-state index in [1.165, 1.54) is 0 Å². The lowest BCUT2D eigenvalue weighted by atomic mass is 10.2. The standard InChI is InChI=1S/C15H14ClF3N4O2/c16-11-3-1-2-10(8-11)13-20-12(21-25-13)9-22-4-6-23(7-5-22)14(24)15(17,18)19/h1-3,8H,4-7,9H2. The highest BCUT2D eigenvalue weighted by Gasteiger charge is 2.43. The fraction of sp³-hybridized carbons (Fsp3) is 0.400. The van der Waals surface area contributed by atoms with Crippen molar-refractivity contribution in [3.8, 4) is 11.5 Å². The van der Waals surface area contributed by atoms with Crippen molar-refractivity contribution in [2.75, 3.05) is 26.2 Å². The largest absolute Gasteiger partial charge is 0.471 e. The van der Waals surface area contributed by atoms with E-state index in [-0.39, 0.29) is 13.1 Å². The van der Waals surface area contributed by atoms with E-state index in [1.54, 1.807) is 24.3 Å². The van der Waals surface area contributed by atoms with E-state index in [4.69, 9.17) is 16.1 Å². The molecule has 0 radical (unpaired) electrons. The van der Waals surface area contributed by atoms with Gasteiger partial charge in [-0.25, -0.2) is 0 Å². The molecule has 25 heavy (non-hydrogen) atoms. The summed E-state index contributed by atoms with van der Waals surface area (Å²) in [5, 5.41) is 4.42. The Morgan fingerprint density at radius 3 is 2.60 bits per heavy atom. The van der Waals surface area contributed by atoms with Crippen LogP contribution < -0.4 is 0 Å². The molecule has 1 aromatic heterocycles. The molecule has 6 nitrogen and oxygen atoms in total. The van der Waals surface area contributed by atoms with Crippen molar-refractivity contribution in [3.05, 3.63) is 35.1 Å². The fourth-order valence-corrected chi connectivity index (χ4v) is 2.74. The number of hydrogen-bond acceptors (Lipinski definition) is 5. The maximum absolute atomic E-state index is 12.4. The summed E-state index contributed by atoms with van der Waals surface area (Å²) in [6.45, 7) is 0.971. The molecule has 3 rings (SSSR count). The van der Waals surface area contributed by atoms with Gasteiger partial charge in [0.2, 0.25) is 0 Å². The van der Waals surface area contributed by atoms with E-state index in [0.717, 1.165) is 4.90 Å². The number of piperazine rings is 1. The SMILES string of the molecule is O=C(N1CCN(Cc2noc(-c3cccc(Cl)c3)n2)CC1)C(F)(F)F. The zero-order valence-corrected chi connectivity index (χ0v) is 13.7. The quantitative estimate of drug-likeness (QED) is 0.826. The third-order valence-electron chi connectivity index (χ3n) is 3.81. The molecule has 10 heteroatoms. The van der Waals surface area contributed by atoms with Crippen LogP contribution in [0.2, 0.25) is 5.02 Å². The highest BCUT2D eigenvalue weighted by atomic mass is 35.5. The molecule has 0 aliphatic carbocycles. The van der Waals surface area contributed by atoms with Gasteiger partial charge in [0.05, 0.1) is 6.54 Å². The molecule has 1 saturated heterocycles. The number of amides is 1. The second-order valence-corrected chi connectivity index (χ2v) is 6.03. The van der Waals surface area contributed by atoms with Crippen molar-refractivity contribution >= 4 is 17.5 Å². The molecule has 0 unspecified atom stereocenters. The zero-order valence-electron chi connectivity index (χ0n) is 13.0. The Balaban J connectivity index is 1.57. The van der Waals surface area contributed by atoms with Crippen molar-refractivity contribution in [1.29, 1.82) is 0 Å². The minimum Gasteiger partial charge on any atom is -0.334 e. The normalized spacial score (nSPS) is 16.2. The first-order valence-corrected chi connectivity index (χ1v) is 7.88. The molecule has 2 aromatic rings. The van der Waals surface area contributed by atoms with Crippen molar-refractivity contribution < 1.29 is 22.5 Å². The monoisotopic (exact) mass is 374 g/mol. The van der Waals surface area contributed by atoms with Gasteiger partial charge in [0, 0.05) is 36.8 Å². The third-order valence-corrected chi connectivity index (χ3v) is 4.04. The minimum atomic E-state index is -4.83. The minimum absolute atomic E-state index is 0.0113. The topological polar surface area (TPSA) is 62.5 Å². The van der Waals surface area contributed by atoms with Gasteiger partial charge in [-0.3, -0.25) is 9.69 Å². The van der Waals surface area contributed by atoms with Crippen LogP contribution in [0.3, 0.4) is 0 Å². The summed E-state index contributed by atoms with van der Waals surface area (Å²) in [4.78, 5) is 18.2. The van der Waals surface area contributed by atoms with Crippen LogP contribution in [0.15, 0.2) is 28.8 Å². The number of carbonyl (C=O) groups is 1. The molecule has 0 saturated carbocycles. The van der Waals surface area contributed by atoms with Crippen molar-refractivity contribution in [2.24, 2.45) is 0 Å². The lowest BCUT2D eigenvalue weighted by molar-refractivity contribution is -0.187. The molecule has 0 atom stereocenters. The third kappa shape index (κ3) is 4.29. The van der Waals surface area contributed by atoms with Gasteiger partial charge < -0.3 is 9.42 Å². The Hall–Kier alpha value is -2.13. The van der Waals surface area contributed by atoms with Gasteiger partial charge in [0.25, 0.3) is 5.89 Å². The molecule has 2 heterocycles. The van der Waals surface area contributed by atoms with E-state index in [1.807, 2.05) is 4.90 Å². The van der Waals surface area contributed by atoms with Crippen LogP contribution >= 0.6 is 11.6 Å². The number of aromatic nitrogens is 2. The van der Waals surface area contributed by atoms with Gasteiger partial charge in [0.1, 0.15) is 0 Å². The van der Waals surface area contributed by atoms with E-state index in [9.17, 15) is 18.0 Å². The van der Waals surface area contributed by atoms with Gasteiger partial charge in [-0.1, -0.05) is 22.8 Å². The van der Waals surface area contributed by atoms with Crippen LogP contribution in [-0.4, -0.2) is 58.2 Å². The lowest BCUT2D eigenvalue weighted by Crippen LogP contribution is -2.52. The maximum Gasteiger partial charge on any atom is 0.471 e. The Morgan fingerprint density at radius 1 is 1.24 bits per heavy atom. The first-order chi connectivity index (χ1) is 11.8. The van der Waals surface area contributed by atoms with Crippen LogP contribution in [0.25, 0.3) is 11.5 Å². The molecular weight excluding hydrogens is 361 g/mol. The fourth-order valence-electron chi connectivity index (χ4n) is 2.55. The summed E-state index contributed by atoms with van der Waals surface area (Å²) in [5.74, 6) is -1.05. The molecule has 0 bridgehead atoms. The molecular formula is C15H14ClF3N4O2. The van der Waals surface area contributed by atoms with Gasteiger partial charge in [-0.2, -0.15) is 18.2 Å². The maximum atomic E-state index is 12.4. The zero-order chi connectivity index (χ0) is 18.0. The van der Waals surface area contributed by atoms with E-state index < -0.39 is 12.1 Å². The molecule has 0 N–H and O–H groups in total. The van der Waals surface area contributed by atoms with Gasteiger partial charge >= 0.3 is 12.1 Å². The predicted octanol–water partition coefficient (Wildman–Crippen LogP) is 2.60. The second-order valence-electron chi connectivity index (χ2n) is 5.59. The smallest absolute Gasteiger partial charge is 0.334 e. The summed E-state index contributed by atoms with van der Waals surface area (Å²) in [6.07, 6.45) is -4.83. The van der Waals surface area contributed by atoms with Gasteiger partial charge in [-0.05, 0) is 18.2 Å². The molecule has 1 fully saturated rings. The van der Waals surface area contributed by atoms with Crippen LogP contribution in [0.5, 0.6) is 0 Å². The molecule has 1 aromatic carbocycles. The summed E-state index contributed by atoms with van der Waals surface area (Å²) in [6, 6.07) is 6.97. The molecule has 1 aliphatic rings. The van der Waals surface area contributed by atoms with Crippen LogP contribution in [-0.2, 0) is 11.3 Å². The Bertz CT molecular complexity index is 757. The van der Waals surface area contributed by atoms with Crippen LogP contribution in [0.1, 0.15) is 5.82 Å². The average Bonchev–Trinajstić information content (AvgIpc) is 3.03. The highest BCUT2D eigenvalue weighted by Crippen LogP contribution is 2.22.